The highest BCUT2D eigenvalue weighted by Gasteiger charge is 1.79. The molecule has 12 heavy (non-hydrogen) atoms. The first-order valence-electron chi connectivity index (χ1n) is 3.70. The zero-order chi connectivity index (χ0) is 9.40. The fourth-order valence-electron chi connectivity index (χ4n) is 0.714. The molecule has 0 saturated heterocycles. The third-order valence-electron chi connectivity index (χ3n) is 1.25. The second-order valence-electron chi connectivity index (χ2n) is 2.18. The van der Waals surface area contributed by atoms with Gasteiger partial charge in [-0.3, -0.25) is 0 Å². The van der Waals surface area contributed by atoms with E-state index in [2.05, 4.69) is 37.8 Å². The highest BCUT2D eigenvalue weighted by atomic mass is 35.5. The molecule has 66 valence electrons. The van der Waals surface area contributed by atoms with Gasteiger partial charge in [-0.15, -0.1) is 0 Å². The van der Waals surface area contributed by atoms with Crippen molar-refractivity contribution in [2.24, 2.45) is 0 Å². The lowest BCUT2D eigenvalue weighted by Gasteiger charge is -1.89. The van der Waals surface area contributed by atoms with E-state index in [1.165, 1.54) is 5.56 Å². The van der Waals surface area contributed by atoms with Gasteiger partial charge in [0, 0.05) is 0 Å². The van der Waals surface area contributed by atoms with Gasteiger partial charge in [0.15, 0.2) is 0 Å². The normalized spacial score (nSPS) is 8.25. The molecule has 0 aromatic heterocycles. The van der Waals surface area contributed by atoms with Crippen molar-refractivity contribution in [2.75, 3.05) is 0 Å². The maximum Gasteiger partial charge on any atom is 0.0992 e. The first-order chi connectivity index (χ1) is 5.66. The van der Waals surface area contributed by atoms with E-state index in [0.29, 0.717) is 0 Å². The summed E-state index contributed by atoms with van der Waals surface area (Å²) in [6, 6.07) is 10.5. The Morgan fingerprint density at radius 2 is 1.67 bits per heavy atom. The van der Waals surface area contributed by atoms with Gasteiger partial charge in [0.25, 0.3) is 0 Å². The molecule has 0 unspecified atom stereocenters. The van der Waals surface area contributed by atoms with E-state index in [1.54, 1.807) is 0 Å². The molecule has 1 rings (SSSR count). The van der Waals surface area contributed by atoms with E-state index in [4.69, 9.17) is 23.2 Å². The van der Waals surface area contributed by atoms with Crippen molar-refractivity contribution in [1.82, 2.24) is 0 Å². The molecular weight excluding hydrogens is 191 g/mol. The van der Waals surface area contributed by atoms with Gasteiger partial charge in [0.1, 0.15) is 0 Å². The highest BCUT2D eigenvalue weighted by molar-refractivity contribution is 6.55. The van der Waals surface area contributed by atoms with Crippen LogP contribution in [0.2, 0.25) is 0 Å². The smallest absolute Gasteiger partial charge is 0.0716 e. The number of rotatable bonds is 1. The molecule has 0 spiro atoms. The van der Waals surface area contributed by atoms with Crippen molar-refractivity contribution in [3.8, 4) is 0 Å². The summed E-state index contributed by atoms with van der Waals surface area (Å²) >= 11 is 9.69. The van der Waals surface area contributed by atoms with Crippen molar-refractivity contribution in [3.63, 3.8) is 0 Å². The highest BCUT2D eigenvalue weighted by Crippen LogP contribution is 1.98. The molecular formula is C10H12Cl2. The van der Waals surface area contributed by atoms with E-state index in [1.807, 2.05) is 6.07 Å². The fourth-order valence-corrected chi connectivity index (χ4v) is 0.714. The van der Waals surface area contributed by atoms with Gasteiger partial charge < -0.3 is 0 Å². The lowest BCUT2D eigenvalue weighted by Crippen LogP contribution is -1.73. The molecule has 2 heteroatoms. The van der Waals surface area contributed by atoms with Gasteiger partial charge in [-0.2, -0.15) is 0 Å². The Kier molecular flexibility index (Phi) is 6.93. The Hall–Kier alpha value is -0.460. The molecule has 1 aromatic rings. The average molecular weight is 203 g/mol. The van der Waals surface area contributed by atoms with Gasteiger partial charge in [0.05, 0.1) is 4.49 Å². The van der Waals surface area contributed by atoms with Crippen LogP contribution < -0.4 is 0 Å². The number of hydrogen-bond acceptors (Lipinski definition) is 0. The van der Waals surface area contributed by atoms with E-state index in [-0.39, 0.29) is 4.49 Å². The Labute approximate surface area is 83.8 Å². The summed E-state index contributed by atoms with van der Waals surface area (Å²) in [6.07, 6.45) is 1.14. The van der Waals surface area contributed by atoms with Crippen LogP contribution in [0.5, 0.6) is 0 Å². The van der Waals surface area contributed by atoms with Gasteiger partial charge >= 0.3 is 0 Å². The van der Waals surface area contributed by atoms with Crippen molar-refractivity contribution in [2.45, 2.75) is 13.3 Å². The number of halogens is 2. The van der Waals surface area contributed by atoms with Crippen LogP contribution in [0.15, 0.2) is 41.4 Å². The van der Waals surface area contributed by atoms with Crippen LogP contribution in [0, 0.1) is 0 Å². The van der Waals surface area contributed by atoms with Gasteiger partial charge in [-0.1, -0.05) is 67.0 Å². The first kappa shape index (κ1) is 11.5. The fraction of sp³-hybridized carbons (Fsp3) is 0.200. The van der Waals surface area contributed by atoms with Crippen LogP contribution >= 0.6 is 23.2 Å². The third kappa shape index (κ3) is 7.64. The van der Waals surface area contributed by atoms with Crippen molar-refractivity contribution < 1.29 is 0 Å². The molecule has 0 fully saturated rings. The predicted octanol–water partition coefficient (Wildman–Crippen LogP) is 4.18. The summed E-state index contributed by atoms with van der Waals surface area (Å²) in [4.78, 5) is 0. The van der Waals surface area contributed by atoms with Gasteiger partial charge in [-0.05, 0) is 12.0 Å². The Morgan fingerprint density at radius 1 is 1.25 bits per heavy atom. The monoisotopic (exact) mass is 202 g/mol. The second kappa shape index (κ2) is 7.20. The van der Waals surface area contributed by atoms with Crippen LogP contribution in [0.25, 0.3) is 0 Å². The molecule has 0 amide bonds. The summed E-state index contributed by atoms with van der Waals surface area (Å²) in [5.41, 5.74) is 1.41. The van der Waals surface area contributed by atoms with Crippen LogP contribution in [-0.2, 0) is 6.42 Å². The minimum Gasteiger partial charge on any atom is -0.0716 e. The standard InChI is InChI=1S/C8H10.C2H2Cl2/c1-2-8-6-4-3-5-7-8;1-2(3)4/h3-7H,2H2,1H3;1H2. The quantitative estimate of drug-likeness (QED) is 0.642. The SMILES string of the molecule is C=C(Cl)Cl.CCc1ccccc1. The maximum absolute atomic E-state index is 4.85. The molecule has 0 nitrogen and oxygen atoms in total. The minimum absolute atomic E-state index is 0.111. The molecule has 0 aliphatic rings. The lowest BCUT2D eigenvalue weighted by atomic mass is 10.2. The molecule has 0 atom stereocenters. The van der Waals surface area contributed by atoms with Crippen molar-refractivity contribution in [3.05, 3.63) is 47.0 Å². The molecule has 1 aromatic carbocycles. The third-order valence-corrected chi connectivity index (χ3v) is 1.25. The molecule has 0 bridgehead atoms. The minimum atomic E-state index is 0.111. The molecule has 0 N–H and O–H groups in total. The molecule has 0 aliphatic carbocycles. The summed E-state index contributed by atoms with van der Waals surface area (Å²) < 4.78 is 0.111. The van der Waals surface area contributed by atoms with Crippen molar-refractivity contribution >= 4 is 23.2 Å². The van der Waals surface area contributed by atoms with Gasteiger partial charge in [0.2, 0.25) is 0 Å². The van der Waals surface area contributed by atoms with E-state index in [9.17, 15) is 0 Å². The van der Waals surface area contributed by atoms with Crippen LogP contribution in [0.3, 0.4) is 0 Å². The van der Waals surface area contributed by atoms with E-state index < -0.39 is 0 Å². The zero-order valence-electron chi connectivity index (χ0n) is 7.06. The van der Waals surface area contributed by atoms with E-state index >= 15 is 0 Å². The molecule has 0 aliphatic heterocycles. The summed E-state index contributed by atoms with van der Waals surface area (Å²) in [5.74, 6) is 0. The second-order valence-corrected chi connectivity index (χ2v) is 3.28. The Balaban J connectivity index is 0.000000261. The molecule has 0 saturated carbocycles. The largest absolute Gasteiger partial charge is 0.0992 e. The van der Waals surface area contributed by atoms with Gasteiger partial charge in [-0.25, -0.2) is 0 Å². The summed E-state index contributed by atoms with van der Waals surface area (Å²) in [6.45, 7) is 5.25. The topological polar surface area (TPSA) is 0 Å². The van der Waals surface area contributed by atoms with Crippen LogP contribution in [-0.4, -0.2) is 0 Å². The average Bonchev–Trinajstić information content (AvgIpc) is 2.05. The maximum atomic E-state index is 4.85. The van der Waals surface area contributed by atoms with Crippen LogP contribution in [0.1, 0.15) is 12.5 Å². The van der Waals surface area contributed by atoms with Crippen molar-refractivity contribution in [1.29, 1.82) is 0 Å². The van der Waals surface area contributed by atoms with E-state index in [0.717, 1.165) is 6.42 Å². The molecule has 0 heterocycles. The zero-order valence-corrected chi connectivity index (χ0v) is 8.57. The first-order valence-corrected chi connectivity index (χ1v) is 4.46. The predicted molar refractivity (Wildman–Crippen MR) is 56.7 cm³/mol. The number of aryl methyl sites for hydroxylation is 1. The molecule has 0 radical (unpaired) electrons. The Morgan fingerprint density at radius 3 is 1.92 bits per heavy atom. The lowest BCUT2D eigenvalue weighted by molar-refractivity contribution is 1.14. The van der Waals surface area contributed by atoms with Crippen LogP contribution in [0.4, 0.5) is 0 Å². The summed E-state index contributed by atoms with van der Waals surface area (Å²) in [5, 5.41) is 0. The summed E-state index contributed by atoms with van der Waals surface area (Å²) in [7, 11) is 0. The Bertz CT molecular complexity index is 213. The number of benzene rings is 1. The number of hydrogen-bond donors (Lipinski definition) is 0.